The monoisotopic (exact) mass is 362 g/mol. The van der Waals surface area contributed by atoms with E-state index in [0.29, 0.717) is 28.6 Å². The number of nitrogens with one attached hydrogen (secondary N) is 1. The topological polar surface area (TPSA) is 50.8 Å². The normalized spacial score (nSPS) is 11.9. The molecule has 5 nitrogen and oxygen atoms in total. The minimum atomic E-state index is -0.189. The summed E-state index contributed by atoms with van der Waals surface area (Å²) in [6.07, 6.45) is 0. The SMILES string of the molecule is COc1cc(OC)cc(C(=O)NCC(c2cccc(Cl)c2)N(C)C)c1. The van der Waals surface area contributed by atoms with Crippen molar-refractivity contribution in [2.45, 2.75) is 6.04 Å². The fraction of sp³-hybridized carbons (Fsp3) is 0.316. The molecule has 0 fully saturated rings. The van der Waals surface area contributed by atoms with Gasteiger partial charge >= 0.3 is 0 Å². The molecule has 25 heavy (non-hydrogen) atoms. The fourth-order valence-electron chi connectivity index (χ4n) is 2.54. The molecule has 2 aromatic rings. The zero-order chi connectivity index (χ0) is 18.4. The molecule has 6 heteroatoms. The van der Waals surface area contributed by atoms with E-state index in [1.807, 2.05) is 43.3 Å². The summed E-state index contributed by atoms with van der Waals surface area (Å²) < 4.78 is 10.4. The summed E-state index contributed by atoms with van der Waals surface area (Å²) in [5.41, 5.74) is 1.53. The van der Waals surface area contributed by atoms with E-state index in [-0.39, 0.29) is 11.9 Å². The second-order valence-electron chi connectivity index (χ2n) is 5.85. The maximum atomic E-state index is 12.5. The van der Waals surface area contributed by atoms with Crippen LogP contribution in [0.1, 0.15) is 22.0 Å². The summed E-state index contributed by atoms with van der Waals surface area (Å²) in [4.78, 5) is 14.6. The van der Waals surface area contributed by atoms with Crippen molar-refractivity contribution in [3.63, 3.8) is 0 Å². The molecule has 1 unspecified atom stereocenters. The van der Waals surface area contributed by atoms with E-state index in [4.69, 9.17) is 21.1 Å². The summed E-state index contributed by atoms with van der Waals surface area (Å²) in [6.45, 7) is 0.450. The predicted molar refractivity (Wildman–Crippen MR) is 99.8 cm³/mol. The molecule has 0 saturated carbocycles. The molecule has 0 aromatic heterocycles. The van der Waals surface area contributed by atoms with Crippen LogP contribution in [0.25, 0.3) is 0 Å². The second-order valence-corrected chi connectivity index (χ2v) is 6.28. The van der Waals surface area contributed by atoms with E-state index in [9.17, 15) is 4.79 Å². The van der Waals surface area contributed by atoms with E-state index in [2.05, 4.69) is 5.32 Å². The molecular weight excluding hydrogens is 340 g/mol. The molecule has 1 amide bonds. The van der Waals surface area contributed by atoms with Gasteiger partial charge in [-0.2, -0.15) is 0 Å². The molecule has 1 atom stereocenters. The van der Waals surface area contributed by atoms with Gasteiger partial charge in [0.05, 0.1) is 20.3 Å². The van der Waals surface area contributed by atoms with E-state index in [1.165, 1.54) is 0 Å². The summed E-state index contributed by atoms with van der Waals surface area (Å²) >= 11 is 6.09. The quantitative estimate of drug-likeness (QED) is 0.820. The van der Waals surface area contributed by atoms with E-state index >= 15 is 0 Å². The number of nitrogens with zero attached hydrogens (tertiary/aromatic N) is 1. The van der Waals surface area contributed by atoms with Gasteiger partial charge in [0.1, 0.15) is 11.5 Å². The van der Waals surface area contributed by atoms with Crippen molar-refractivity contribution in [3.8, 4) is 11.5 Å². The lowest BCUT2D eigenvalue weighted by Crippen LogP contribution is -2.34. The smallest absolute Gasteiger partial charge is 0.251 e. The lowest BCUT2D eigenvalue weighted by molar-refractivity contribution is 0.0941. The van der Waals surface area contributed by atoms with E-state index < -0.39 is 0 Å². The van der Waals surface area contributed by atoms with Gasteiger partial charge in [0.15, 0.2) is 0 Å². The lowest BCUT2D eigenvalue weighted by atomic mass is 10.1. The van der Waals surface area contributed by atoms with Crippen molar-refractivity contribution in [3.05, 3.63) is 58.6 Å². The number of halogens is 1. The highest BCUT2D eigenvalue weighted by Crippen LogP contribution is 2.23. The highest BCUT2D eigenvalue weighted by Gasteiger charge is 2.17. The Morgan fingerprint density at radius 3 is 2.28 bits per heavy atom. The maximum absolute atomic E-state index is 12.5. The Labute approximate surface area is 153 Å². The zero-order valence-corrected chi connectivity index (χ0v) is 15.6. The van der Waals surface area contributed by atoms with Crippen LogP contribution < -0.4 is 14.8 Å². The highest BCUT2D eigenvalue weighted by molar-refractivity contribution is 6.30. The molecule has 2 aromatic carbocycles. The molecule has 0 radical (unpaired) electrons. The Hall–Kier alpha value is -2.24. The van der Waals surface area contributed by atoms with Crippen molar-refractivity contribution in [2.75, 3.05) is 34.9 Å². The number of rotatable bonds is 7. The van der Waals surface area contributed by atoms with Crippen LogP contribution in [0, 0.1) is 0 Å². The van der Waals surface area contributed by atoms with Gasteiger partial charge in [-0.15, -0.1) is 0 Å². The van der Waals surface area contributed by atoms with E-state index in [0.717, 1.165) is 5.56 Å². The molecule has 134 valence electrons. The summed E-state index contributed by atoms with van der Waals surface area (Å²) in [7, 11) is 7.04. The molecule has 0 aliphatic rings. The first-order chi connectivity index (χ1) is 11.9. The number of amides is 1. The third-order valence-corrected chi connectivity index (χ3v) is 4.16. The summed E-state index contributed by atoms with van der Waals surface area (Å²) in [6, 6.07) is 12.7. The Morgan fingerprint density at radius 1 is 1.12 bits per heavy atom. The van der Waals surface area contributed by atoms with Crippen LogP contribution in [-0.2, 0) is 0 Å². The second kappa shape index (κ2) is 8.74. The Morgan fingerprint density at radius 2 is 1.76 bits per heavy atom. The minimum absolute atomic E-state index is 0.00940. The number of hydrogen-bond donors (Lipinski definition) is 1. The Kier molecular flexibility index (Phi) is 6.67. The van der Waals surface area contributed by atoms with Crippen molar-refractivity contribution in [1.82, 2.24) is 10.2 Å². The number of likely N-dealkylation sites (N-methyl/N-ethyl adjacent to an activating group) is 1. The zero-order valence-electron chi connectivity index (χ0n) is 14.9. The average Bonchev–Trinajstić information content (AvgIpc) is 2.61. The first kappa shape index (κ1) is 19.1. The van der Waals surface area contributed by atoms with Crippen LogP contribution in [0.3, 0.4) is 0 Å². The van der Waals surface area contributed by atoms with Crippen molar-refractivity contribution in [2.24, 2.45) is 0 Å². The van der Waals surface area contributed by atoms with Crippen LogP contribution in [0.2, 0.25) is 5.02 Å². The number of benzene rings is 2. The molecule has 0 spiro atoms. The van der Waals surface area contributed by atoms with Gasteiger partial charge in [-0.1, -0.05) is 23.7 Å². The van der Waals surface area contributed by atoms with Crippen LogP contribution >= 0.6 is 11.6 Å². The minimum Gasteiger partial charge on any atom is -0.497 e. The van der Waals surface area contributed by atoms with Gasteiger partial charge in [0, 0.05) is 23.2 Å². The van der Waals surface area contributed by atoms with Crippen molar-refractivity contribution >= 4 is 17.5 Å². The van der Waals surface area contributed by atoms with Crippen LogP contribution in [0.5, 0.6) is 11.5 Å². The fourth-order valence-corrected chi connectivity index (χ4v) is 2.74. The maximum Gasteiger partial charge on any atom is 0.251 e. The third-order valence-electron chi connectivity index (χ3n) is 3.93. The first-order valence-electron chi connectivity index (χ1n) is 7.87. The van der Waals surface area contributed by atoms with Gasteiger partial charge in [0.2, 0.25) is 0 Å². The van der Waals surface area contributed by atoms with Crippen LogP contribution in [-0.4, -0.2) is 45.7 Å². The predicted octanol–water partition coefficient (Wildman–Crippen LogP) is 3.39. The summed E-state index contributed by atoms with van der Waals surface area (Å²) in [5.74, 6) is 0.957. The average molecular weight is 363 g/mol. The van der Waals surface area contributed by atoms with Crippen molar-refractivity contribution < 1.29 is 14.3 Å². The summed E-state index contributed by atoms with van der Waals surface area (Å²) in [5, 5.41) is 3.64. The van der Waals surface area contributed by atoms with Gasteiger partial charge in [0.25, 0.3) is 5.91 Å². The lowest BCUT2D eigenvalue weighted by Gasteiger charge is -2.25. The molecule has 2 rings (SSSR count). The van der Waals surface area contributed by atoms with Crippen molar-refractivity contribution in [1.29, 1.82) is 0 Å². The molecule has 0 heterocycles. The van der Waals surface area contributed by atoms with Crippen LogP contribution in [0.15, 0.2) is 42.5 Å². The van der Waals surface area contributed by atoms with Gasteiger partial charge < -0.3 is 19.7 Å². The Balaban J connectivity index is 2.14. The molecule has 0 saturated heterocycles. The van der Waals surface area contributed by atoms with Gasteiger partial charge in [-0.25, -0.2) is 0 Å². The number of carbonyl (C=O) groups is 1. The number of ether oxygens (including phenoxy) is 2. The van der Waals surface area contributed by atoms with E-state index in [1.54, 1.807) is 32.4 Å². The van der Waals surface area contributed by atoms with Gasteiger partial charge in [-0.3, -0.25) is 4.79 Å². The highest BCUT2D eigenvalue weighted by atomic mass is 35.5. The first-order valence-corrected chi connectivity index (χ1v) is 8.25. The molecule has 1 N–H and O–H groups in total. The molecular formula is C19H23ClN2O3. The number of hydrogen-bond acceptors (Lipinski definition) is 4. The Bertz CT molecular complexity index is 712. The molecule has 0 aliphatic heterocycles. The molecule has 0 aliphatic carbocycles. The van der Waals surface area contributed by atoms with Crippen LogP contribution in [0.4, 0.5) is 0 Å². The third kappa shape index (κ3) is 5.11. The number of carbonyl (C=O) groups excluding carboxylic acids is 1. The number of methoxy groups -OCH3 is 2. The largest absolute Gasteiger partial charge is 0.497 e. The molecule has 0 bridgehead atoms. The van der Waals surface area contributed by atoms with Gasteiger partial charge in [-0.05, 0) is 43.9 Å². The standard InChI is InChI=1S/C19H23ClN2O3/c1-22(2)18(13-6-5-7-15(20)8-13)12-21-19(23)14-9-16(24-3)11-17(10-14)25-4/h5-11,18H,12H2,1-4H3,(H,21,23).